The molecule has 0 saturated carbocycles. The highest BCUT2D eigenvalue weighted by atomic mass is 15.1. The van der Waals surface area contributed by atoms with Crippen molar-refractivity contribution in [3.8, 4) is 0 Å². The molecule has 3 nitrogen and oxygen atoms in total. The van der Waals surface area contributed by atoms with Gasteiger partial charge in [-0.25, -0.2) is 0 Å². The van der Waals surface area contributed by atoms with Crippen molar-refractivity contribution in [2.45, 2.75) is 41.2 Å². The fourth-order valence-electron chi connectivity index (χ4n) is 2.18. The van der Waals surface area contributed by atoms with Gasteiger partial charge >= 0.3 is 0 Å². The minimum atomic E-state index is 0.664. The molecular weight excluding hydrogens is 234 g/mol. The molecule has 0 aliphatic heterocycles. The lowest BCUT2D eigenvalue weighted by molar-refractivity contribution is 0.550. The summed E-state index contributed by atoms with van der Waals surface area (Å²) < 4.78 is 0. The molecule has 0 radical (unpaired) electrons. The first-order chi connectivity index (χ1) is 9.04. The monoisotopic (exact) mass is 263 g/mol. The second-order valence-electron chi connectivity index (χ2n) is 5.96. The van der Waals surface area contributed by atoms with E-state index in [0.717, 1.165) is 26.2 Å². The van der Waals surface area contributed by atoms with E-state index >= 15 is 0 Å². The van der Waals surface area contributed by atoms with Crippen LogP contribution >= 0.6 is 0 Å². The molecule has 0 aliphatic rings. The zero-order valence-electron chi connectivity index (χ0n) is 13.1. The Hall–Kier alpha value is -1.09. The van der Waals surface area contributed by atoms with Crippen molar-refractivity contribution < 1.29 is 0 Å². The van der Waals surface area contributed by atoms with E-state index in [9.17, 15) is 0 Å². The largest absolute Gasteiger partial charge is 0.370 e. The van der Waals surface area contributed by atoms with Crippen LogP contribution in [0.5, 0.6) is 0 Å². The molecule has 1 aromatic rings. The van der Waals surface area contributed by atoms with Gasteiger partial charge in [0.05, 0.1) is 11.9 Å². The van der Waals surface area contributed by atoms with Crippen molar-refractivity contribution >= 4 is 5.69 Å². The predicted molar refractivity (Wildman–Crippen MR) is 83.5 cm³/mol. The average Bonchev–Trinajstić information content (AvgIpc) is 2.36. The van der Waals surface area contributed by atoms with Gasteiger partial charge in [0.15, 0.2) is 0 Å². The summed E-state index contributed by atoms with van der Waals surface area (Å²) in [6.07, 6.45) is 3.89. The summed E-state index contributed by atoms with van der Waals surface area (Å²) in [4.78, 5) is 6.72. The van der Waals surface area contributed by atoms with Crippen molar-refractivity contribution in [2.24, 2.45) is 11.8 Å². The second kappa shape index (κ2) is 8.16. The van der Waals surface area contributed by atoms with E-state index in [4.69, 9.17) is 0 Å². The van der Waals surface area contributed by atoms with Gasteiger partial charge in [-0.05, 0) is 36.9 Å². The Morgan fingerprint density at radius 3 is 2.53 bits per heavy atom. The van der Waals surface area contributed by atoms with Crippen LogP contribution in [0, 0.1) is 11.8 Å². The molecule has 108 valence electrons. The van der Waals surface area contributed by atoms with E-state index in [-0.39, 0.29) is 0 Å². The Balaban J connectivity index is 2.75. The van der Waals surface area contributed by atoms with Crippen molar-refractivity contribution in [2.75, 3.05) is 24.5 Å². The minimum absolute atomic E-state index is 0.664. The van der Waals surface area contributed by atoms with E-state index in [1.165, 1.54) is 11.3 Å². The average molecular weight is 263 g/mol. The molecule has 0 saturated heterocycles. The number of nitrogens with zero attached hydrogens (tertiary/aromatic N) is 2. The number of anilines is 1. The third-order valence-electron chi connectivity index (χ3n) is 3.06. The van der Waals surface area contributed by atoms with Crippen LogP contribution in [0.4, 0.5) is 5.69 Å². The van der Waals surface area contributed by atoms with Gasteiger partial charge in [-0.3, -0.25) is 4.98 Å². The van der Waals surface area contributed by atoms with Gasteiger partial charge in [0.2, 0.25) is 0 Å². The molecule has 1 aromatic heterocycles. The fourth-order valence-corrected chi connectivity index (χ4v) is 2.18. The highest BCUT2D eigenvalue weighted by molar-refractivity contribution is 5.51. The molecular formula is C16H29N3. The summed E-state index contributed by atoms with van der Waals surface area (Å²) in [6, 6.07) is 2.13. The molecule has 0 bridgehead atoms. The van der Waals surface area contributed by atoms with Gasteiger partial charge in [0.1, 0.15) is 0 Å². The van der Waals surface area contributed by atoms with Crippen LogP contribution in [0.15, 0.2) is 18.5 Å². The third-order valence-corrected chi connectivity index (χ3v) is 3.06. The van der Waals surface area contributed by atoms with E-state index in [1.54, 1.807) is 0 Å². The summed E-state index contributed by atoms with van der Waals surface area (Å²) in [7, 11) is 0. The minimum Gasteiger partial charge on any atom is -0.370 e. The molecule has 19 heavy (non-hydrogen) atoms. The highest BCUT2D eigenvalue weighted by Gasteiger charge is 2.11. The lowest BCUT2D eigenvalue weighted by atomic mass is 10.1. The smallest absolute Gasteiger partial charge is 0.0598 e. The zero-order valence-corrected chi connectivity index (χ0v) is 13.1. The number of hydrogen-bond acceptors (Lipinski definition) is 3. The van der Waals surface area contributed by atoms with Crippen LogP contribution in [-0.2, 0) is 6.54 Å². The molecule has 3 heteroatoms. The molecule has 0 atom stereocenters. The first kappa shape index (κ1) is 16.0. The standard InChI is InChI=1S/C16H29N3/c1-6-19(12-14(4)5)16-11-17-8-7-15(16)10-18-9-13(2)3/h7-8,11,13-14,18H,6,9-10,12H2,1-5H3. The summed E-state index contributed by atoms with van der Waals surface area (Å²) in [5, 5.41) is 3.52. The lowest BCUT2D eigenvalue weighted by Gasteiger charge is -2.27. The van der Waals surface area contributed by atoms with E-state index in [2.05, 4.69) is 55.9 Å². The van der Waals surface area contributed by atoms with Gasteiger partial charge in [0.25, 0.3) is 0 Å². The summed E-state index contributed by atoms with van der Waals surface area (Å²) in [5.41, 5.74) is 2.62. The number of aromatic nitrogens is 1. The van der Waals surface area contributed by atoms with Crippen LogP contribution in [-0.4, -0.2) is 24.6 Å². The third kappa shape index (κ3) is 5.60. The molecule has 0 amide bonds. The van der Waals surface area contributed by atoms with Crippen molar-refractivity contribution in [3.63, 3.8) is 0 Å². The van der Waals surface area contributed by atoms with Crippen molar-refractivity contribution in [1.29, 1.82) is 0 Å². The Bertz CT molecular complexity index is 361. The summed E-state index contributed by atoms with van der Waals surface area (Å²) >= 11 is 0. The molecule has 0 aliphatic carbocycles. The quantitative estimate of drug-likeness (QED) is 0.780. The lowest BCUT2D eigenvalue weighted by Crippen LogP contribution is -2.29. The Morgan fingerprint density at radius 2 is 1.95 bits per heavy atom. The van der Waals surface area contributed by atoms with Gasteiger partial charge in [-0.2, -0.15) is 0 Å². The normalized spacial score (nSPS) is 11.3. The molecule has 0 unspecified atom stereocenters. The first-order valence-corrected chi connectivity index (χ1v) is 7.43. The van der Waals surface area contributed by atoms with Crippen LogP contribution in [0.2, 0.25) is 0 Å². The van der Waals surface area contributed by atoms with E-state index in [1.807, 2.05) is 12.4 Å². The zero-order chi connectivity index (χ0) is 14.3. The second-order valence-corrected chi connectivity index (χ2v) is 5.96. The van der Waals surface area contributed by atoms with Crippen LogP contribution < -0.4 is 10.2 Å². The summed E-state index contributed by atoms with van der Waals surface area (Å²) in [5.74, 6) is 1.35. The first-order valence-electron chi connectivity index (χ1n) is 7.43. The molecule has 0 spiro atoms. The number of rotatable bonds is 8. The highest BCUT2D eigenvalue weighted by Crippen LogP contribution is 2.20. The SMILES string of the molecule is CCN(CC(C)C)c1cnccc1CNCC(C)C. The molecule has 1 rings (SSSR count). The van der Waals surface area contributed by atoms with Crippen LogP contribution in [0.1, 0.15) is 40.2 Å². The molecule has 1 heterocycles. The number of pyridine rings is 1. The van der Waals surface area contributed by atoms with Crippen LogP contribution in [0.25, 0.3) is 0 Å². The maximum Gasteiger partial charge on any atom is 0.0598 e. The van der Waals surface area contributed by atoms with Gasteiger partial charge in [-0.15, -0.1) is 0 Å². The molecule has 0 fully saturated rings. The molecule has 1 N–H and O–H groups in total. The Kier molecular flexibility index (Phi) is 6.85. The van der Waals surface area contributed by atoms with Crippen molar-refractivity contribution in [3.05, 3.63) is 24.0 Å². The van der Waals surface area contributed by atoms with Crippen LogP contribution in [0.3, 0.4) is 0 Å². The topological polar surface area (TPSA) is 28.2 Å². The maximum absolute atomic E-state index is 4.30. The maximum atomic E-state index is 4.30. The van der Waals surface area contributed by atoms with Gasteiger partial charge in [0, 0.05) is 25.8 Å². The Morgan fingerprint density at radius 1 is 1.21 bits per heavy atom. The number of nitrogens with one attached hydrogen (secondary N) is 1. The molecule has 0 aromatic carbocycles. The Labute approximate surface area is 118 Å². The summed E-state index contributed by atoms with van der Waals surface area (Å²) in [6.45, 7) is 15.3. The number of hydrogen-bond donors (Lipinski definition) is 1. The van der Waals surface area contributed by atoms with Gasteiger partial charge in [-0.1, -0.05) is 27.7 Å². The van der Waals surface area contributed by atoms with Crippen molar-refractivity contribution in [1.82, 2.24) is 10.3 Å². The predicted octanol–water partition coefficient (Wildman–Crippen LogP) is 3.31. The fraction of sp³-hybridized carbons (Fsp3) is 0.688. The van der Waals surface area contributed by atoms with E-state index in [0.29, 0.717) is 11.8 Å². The van der Waals surface area contributed by atoms with Gasteiger partial charge < -0.3 is 10.2 Å². The van der Waals surface area contributed by atoms with E-state index < -0.39 is 0 Å².